The summed E-state index contributed by atoms with van der Waals surface area (Å²) in [6, 6.07) is 1.42. The first-order valence-electron chi connectivity index (χ1n) is 6.89. The minimum absolute atomic E-state index is 0.0908. The lowest BCUT2D eigenvalue weighted by Gasteiger charge is -2.28. The first kappa shape index (κ1) is 14.1. The highest BCUT2D eigenvalue weighted by molar-refractivity contribution is 5.11. The van der Waals surface area contributed by atoms with Gasteiger partial charge in [0.2, 0.25) is 5.88 Å². The van der Waals surface area contributed by atoms with Crippen molar-refractivity contribution in [2.24, 2.45) is 0 Å². The van der Waals surface area contributed by atoms with E-state index in [0.29, 0.717) is 11.7 Å². The summed E-state index contributed by atoms with van der Waals surface area (Å²) in [6.45, 7) is 3.98. The molecule has 0 spiro atoms. The zero-order valence-electron chi connectivity index (χ0n) is 11.8. The molecule has 1 N–H and O–H groups in total. The van der Waals surface area contributed by atoms with Crippen molar-refractivity contribution in [3.8, 4) is 5.88 Å². The predicted octanol–water partition coefficient (Wildman–Crippen LogP) is 2.23. The van der Waals surface area contributed by atoms with Crippen LogP contribution in [0.15, 0.2) is 10.9 Å². The minimum atomic E-state index is -0.159. The van der Waals surface area contributed by atoms with E-state index in [9.17, 15) is 4.79 Å². The monoisotopic (exact) mass is 266 g/mol. The van der Waals surface area contributed by atoms with E-state index in [1.807, 2.05) is 13.8 Å². The second kappa shape index (κ2) is 6.19. The third kappa shape index (κ3) is 3.80. The van der Waals surface area contributed by atoms with Crippen molar-refractivity contribution in [3.05, 3.63) is 22.2 Å². The summed E-state index contributed by atoms with van der Waals surface area (Å²) in [4.78, 5) is 18.7. The molecular weight excluding hydrogens is 244 g/mol. The zero-order chi connectivity index (χ0) is 13.8. The summed E-state index contributed by atoms with van der Waals surface area (Å²) in [5, 5.41) is 0. The molecular formula is C14H22N2O3. The average Bonchev–Trinajstić information content (AvgIpc) is 2.38. The van der Waals surface area contributed by atoms with Gasteiger partial charge >= 0.3 is 0 Å². The molecule has 106 valence electrons. The molecule has 1 aromatic rings. The van der Waals surface area contributed by atoms with Crippen LogP contribution in [0.1, 0.15) is 51.3 Å². The molecule has 0 aliphatic heterocycles. The third-order valence-corrected chi connectivity index (χ3v) is 3.48. The van der Waals surface area contributed by atoms with Gasteiger partial charge in [0.1, 0.15) is 11.9 Å². The highest BCUT2D eigenvalue weighted by Gasteiger charge is 2.23. The van der Waals surface area contributed by atoms with Crippen molar-refractivity contribution in [1.82, 2.24) is 9.97 Å². The van der Waals surface area contributed by atoms with Gasteiger partial charge < -0.3 is 14.5 Å². The van der Waals surface area contributed by atoms with E-state index in [4.69, 9.17) is 9.47 Å². The second-order valence-corrected chi connectivity index (χ2v) is 5.39. The lowest BCUT2D eigenvalue weighted by Crippen LogP contribution is -2.30. The SMILES string of the molecule is COC1CCCC(Oc2cc(=O)[nH]c(C(C)C)n2)C1. The Morgan fingerprint density at radius 2 is 2.11 bits per heavy atom. The Bertz CT molecular complexity index is 470. The van der Waals surface area contributed by atoms with E-state index >= 15 is 0 Å². The molecule has 0 aromatic carbocycles. The molecule has 19 heavy (non-hydrogen) atoms. The van der Waals surface area contributed by atoms with E-state index in [1.165, 1.54) is 6.07 Å². The molecule has 1 aromatic heterocycles. The summed E-state index contributed by atoms with van der Waals surface area (Å²) in [5.74, 6) is 1.27. The van der Waals surface area contributed by atoms with Crippen LogP contribution in [0.25, 0.3) is 0 Å². The van der Waals surface area contributed by atoms with Crippen LogP contribution >= 0.6 is 0 Å². The average molecular weight is 266 g/mol. The minimum Gasteiger partial charge on any atom is -0.474 e. The highest BCUT2D eigenvalue weighted by atomic mass is 16.5. The van der Waals surface area contributed by atoms with E-state index in [2.05, 4.69) is 9.97 Å². The van der Waals surface area contributed by atoms with Crippen LogP contribution in [0.3, 0.4) is 0 Å². The van der Waals surface area contributed by atoms with Crippen molar-refractivity contribution in [3.63, 3.8) is 0 Å². The summed E-state index contributed by atoms with van der Waals surface area (Å²) in [7, 11) is 1.73. The smallest absolute Gasteiger partial charge is 0.254 e. The van der Waals surface area contributed by atoms with Gasteiger partial charge in [0.25, 0.3) is 5.56 Å². The van der Waals surface area contributed by atoms with E-state index in [1.54, 1.807) is 7.11 Å². The molecule has 1 aliphatic carbocycles. The van der Waals surface area contributed by atoms with E-state index in [-0.39, 0.29) is 23.7 Å². The fourth-order valence-corrected chi connectivity index (χ4v) is 2.38. The molecule has 1 heterocycles. The largest absolute Gasteiger partial charge is 0.474 e. The van der Waals surface area contributed by atoms with Gasteiger partial charge in [-0.3, -0.25) is 4.79 Å². The molecule has 1 fully saturated rings. The Kier molecular flexibility index (Phi) is 4.58. The lowest BCUT2D eigenvalue weighted by atomic mass is 9.95. The molecule has 2 atom stereocenters. The quantitative estimate of drug-likeness (QED) is 0.907. The fraction of sp³-hybridized carbons (Fsp3) is 0.714. The summed E-state index contributed by atoms with van der Waals surface area (Å²) < 4.78 is 11.2. The third-order valence-electron chi connectivity index (χ3n) is 3.48. The van der Waals surface area contributed by atoms with Crippen LogP contribution in [0, 0.1) is 0 Å². The molecule has 0 amide bonds. The van der Waals surface area contributed by atoms with Crippen LogP contribution in [-0.4, -0.2) is 29.3 Å². The summed E-state index contributed by atoms with van der Waals surface area (Å²) >= 11 is 0. The first-order chi connectivity index (χ1) is 9.08. The fourth-order valence-electron chi connectivity index (χ4n) is 2.38. The molecule has 1 saturated carbocycles. The number of ether oxygens (including phenoxy) is 2. The molecule has 5 nitrogen and oxygen atoms in total. The number of rotatable bonds is 4. The molecule has 2 unspecified atom stereocenters. The molecule has 2 rings (SSSR count). The highest BCUT2D eigenvalue weighted by Crippen LogP contribution is 2.24. The lowest BCUT2D eigenvalue weighted by molar-refractivity contribution is 0.0193. The van der Waals surface area contributed by atoms with Gasteiger partial charge in [-0.05, 0) is 19.3 Å². The predicted molar refractivity (Wildman–Crippen MR) is 72.6 cm³/mol. The number of hydrogen-bond acceptors (Lipinski definition) is 4. The Morgan fingerprint density at radius 3 is 2.79 bits per heavy atom. The molecule has 0 radical (unpaired) electrons. The van der Waals surface area contributed by atoms with Crippen LogP contribution < -0.4 is 10.3 Å². The number of methoxy groups -OCH3 is 1. The van der Waals surface area contributed by atoms with Gasteiger partial charge in [-0.1, -0.05) is 13.8 Å². The number of nitrogens with one attached hydrogen (secondary N) is 1. The topological polar surface area (TPSA) is 64.2 Å². The van der Waals surface area contributed by atoms with Gasteiger partial charge in [0.15, 0.2) is 0 Å². The Hall–Kier alpha value is -1.36. The van der Waals surface area contributed by atoms with Gasteiger partial charge in [0.05, 0.1) is 12.2 Å². The number of aromatic amines is 1. The van der Waals surface area contributed by atoms with Gasteiger partial charge in [0, 0.05) is 19.4 Å². The van der Waals surface area contributed by atoms with Crippen LogP contribution in [0.2, 0.25) is 0 Å². The Morgan fingerprint density at radius 1 is 1.37 bits per heavy atom. The van der Waals surface area contributed by atoms with Gasteiger partial charge in [-0.15, -0.1) is 0 Å². The van der Waals surface area contributed by atoms with Gasteiger partial charge in [-0.2, -0.15) is 4.98 Å². The van der Waals surface area contributed by atoms with E-state index < -0.39 is 0 Å². The first-order valence-corrected chi connectivity index (χ1v) is 6.89. The maximum atomic E-state index is 11.6. The zero-order valence-corrected chi connectivity index (χ0v) is 11.8. The number of aromatic nitrogens is 2. The normalized spacial score (nSPS) is 23.6. The Labute approximate surface area is 113 Å². The maximum Gasteiger partial charge on any atom is 0.254 e. The van der Waals surface area contributed by atoms with Crippen molar-refractivity contribution in [2.75, 3.05) is 7.11 Å². The number of H-pyrrole nitrogens is 1. The second-order valence-electron chi connectivity index (χ2n) is 5.39. The Balaban J connectivity index is 2.08. The van der Waals surface area contributed by atoms with E-state index in [0.717, 1.165) is 25.7 Å². The number of nitrogens with zero attached hydrogens (tertiary/aromatic N) is 1. The van der Waals surface area contributed by atoms with Crippen LogP contribution in [-0.2, 0) is 4.74 Å². The van der Waals surface area contributed by atoms with Gasteiger partial charge in [-0.25, -0.2) is 0 Å². The standard InChI is InChI=1S/C14H22N2O3/c1-9(2)14-15-12(17)8-13(16-14)19-11-6-4-5-10(7-11)18-3/h8-11H,4-7H2,1-3H3,(H,15,16,17). The van der Waals surface area contributed by atoms with Crippen LogP contribution in [0.5, 0.6) is 5.88 Å². The molecule has 5 heteroatoms. The van der Waals surface area contributed by atoms with Crippen LogP contribution in [0.4, 0.5) is 0 Å². The number of hydrogen-bond donors (Lipinski definition) is 1. The molecule has 0 bridgehead atoms. The molecule has 1 aliphatic rings. The summed E-state index contributed by atoms with van der Waals surface area (Å²) in [6.07, 6.45) is 4.37. The van der Waals surface area contributed by atoms with Crippen molar-refractivity contribution in [2.45, 2.75) is 57.7 Å². The van der Waals surface area contributed by atoms with Crippen molar-refractivity contribution in [1.29, 1.82) is 0 Å². The summed E-state index contributed by atoms with van der Waals surface area (Å²) in [5.41, 5.74) is -0.159. The van der Waals surface area contributed by atoms with Crippen molar-refractivity contribution < 1.29 is 9.47 Å². The molecule has 0 saturated heterocycles. The van der Waals surface area contributed by atoms with Crippen molar-refractivity contribution >= 4 is 0 Å². The maximum absolute atomic E-state index is 11.6.